The van der Waals surface area contributed by atoms with E-state index in [1.807, 2.05) is 0 Å². The number of rotatable bonds is 2. The molecule has 0 N–H and O–H groups in total. The maximum atomic E-state index is 5.92. The molecule has 0 bridgehead atoms. The molecule has 0 amide bonds. The molecule has 1 spiro atoms. The van der Waals surface area contributed by atoms with E-state index in [-0.39, 0.29) is 5.41 Å². The predicted octanol–water partition coefficient (Wildman–Crippen LogP) is 4.56. The molecule has 3 aromatic rings. The van der Waals surface area contributed by atoms with Gasteiger partial charge in [-0.1, -0.05) is 12.8 Å². The molecule has 3 aliphatic rings. The summed E-state index contributed by atoms with van der Waals surface area (Å²) in [6.07, 6.45) is 9.43. The average molecular weight is 396 g/mol. The van der Waals surface area contributed by atoms with Crippen LogP contribution in [0.25, 0.3) is 4.96 Å². The zero-order valence-corrected chi connectivity index (χ0v) is 17.0. The molecular weight excluding hydrogens is 370 g/mol. The van der Waals surface area contributed by atoms with Crippen molar-refractivity contribution in [3.8, 4) is 11.5 Å². The van der Waals surface area contributed by atoms with Crippen molar-refractivity contribution in [2.24, 2.45) is 0 Å². The second kappa shape index (κ2) is 6.22. The van der Waals surface area contributed by atoms with Gasteiger partial charge in [0.05, 0.1) is 5.69 Å². The molecule has 0 radical (unpaired) electrons. The first kappa shape index (κ1) is 16.9. The minimum absolute atomic E-state index is 0.245. The molecule has 146 valence electrons. The number of hydrogen-bond donors (Lipinski definition) is 0. The molecular formula is C22H25N3O2S. The fourth-order valence-corrected chi connectivity index (χ4v) is 6.17. The van der Waals surface area contributed by atoms with E-state index in [9.17, 15) is 0 Å². The highest BCUT2D eigenvalue weighted by atomic mass is 32.1. The summed E-state index contributed by atoms with van der Waals surface area (Å²) in [6, 6.07) is 4.90. The molecule has 1 saturated carbocycles. The second-order valence-electron chi connectivity index (χ2n) is 8.48. The third-order valence-electron chi connectivity index (χ3n) is 6.86. The van der Waals surface area contributed by atoms with Crippen molar-refractivity contribution in [1.82, 2.24) is 14.3 Å². The highest BCUT2D eigenvalue weighted by Gasteiger charge is 2.45. The molecule has 1 aliphatic carbocycles. The Morgan fingerprint density at radius 2 is 1.96 bits per heavy atom. The molecule has 2 aromatic heterocycles. The Bertz CT molecular complexity index is 1010. The minimum Gasteiger partial charge on any atom is -0.486 e. The van der Waals surface area contributed by atoms with Gasteiger partial charge in [-0.3, -0.25) is 9.30 Å². The average Bonchev–Trinajstić information content (AvgIpc) is 3.42. The first-order valence-corrected chi connectivity index (χ1v) is 11.2. The first-order valence-electron chi connectivity index (χ1n) is 10.3. The van der Waals surface area contributed by atoms with Crippen molar-refractivity contribution in [3.63, 3.8) is 0 Å². The number of thiazole rings is 1. The van der Waals surface area contributed by atoms with Crippen molar-refractivity contribution in [2.45, 2.75) is 50.6 Å². The highest BCUT2D eigenvalue weighted by Crippen LogP contribution is 2.52. The van der Waals surface area contributed by atoms with Gasteiger partial charge in [-0.15, -0.1) is 11.3 Å². The lowest BCUT2D eigenvalue weighted by molar-refractivity contribution is 0.124. The first-order chi connectivity index (χ1) is 13.7. The number of aromatic nitrogens is 2. The van der Waals surface area contributed by atoms with Crippen LogP contribution in [0.3, 0.4) is 0 Å². The Balaban J connectivity index is 1.41. The maximum Gasteiger partial charge on any atom is 0.193 e. The Morgan fingerprint density at radius 1 is 1.18 bits per heavy atom. The van der Waals surface area contributed by atoms with Crippen molar-refractivity contribution in [3.05, 3.63) is 46.7 Å². The monoisotopic (exact) mass is 395 g/mol. The van der Waals surface area contributed by atoms with Gasteiger partial charge in [0.2, 0.25) is 0 Å². The standard InChI is InChI=1S/C22H25N3O2S/c1-15-17-10-19-20(27-8-7-26-19)11-18(17)22(4-2-3-5-22)14-25(15)13-16-12-24-6-9-28-21(24)23-16/h6,9-12,15H,2-5,7-8,13-14H2,1H3. The summed E-state index contributed by atoms with van der Waals surface area (Å²) >= 11 is 1.70. The van der Waals surface area contributed by atoms with Crippen LogP contribution in [0.5, 0.6) is 11.5 Å². The molecule has 1 unspecified atom stereocenters. The van der Waals surface area contributed by atoms with Gasteiger partial charge in [-0.05, 0) is 43.0 Å². The number of hydrogen-bond acceptors (Lipinski definition) is 5. The number of nitrogens with zero attached hydrogens (tertiary/aromatic N) is 3. The molecule has 0 saturated heterocycles. The van der Waals surface area contributed by atoms with Gasteiger partial charge in [0.25, 0.3) is 0 Å². The third kappa shape index (κ3) is 2.51. The van der Waals surface area contributed by atoms with Crippen LogP contribution in [0.2, 0.25) is 0 Å². The molecule has 4 heterocycles. The molecule has 1 atom stereocenters. The Labute approximate surface area is 168 Å². The Kier molecular flexibility index (Phi) is 3.75. The van der Waals surface area contributed by atoms with Crippen LogP contribution in [0, 0.1) is 0 Å². The van der Waals surface area contributed by atoms with E-state index >= 15 is 0 Å². The number of fused-ring (bicyclic) bond motifs is 4. The van der Waals surface area contributed by atoms with Crippen LogP contribution in [0.15, 0.2) is 29.9 Å². The van der Waals surface area contributed by atoms with Gasteiger partial charge in [0, 0.05) is 42.3 Å². The van der Waals surface area contributed by atoms with E-state index in [0.29, 0.717) is 19.3 Å². The SMILES string of the molecule is CC1c2cc3c(cc2C2(CCCC2)CN1Cc1cn2ccsc2n1)OCCO3. The Morgan fingerprint density at radius 3 is 2.75 bits per heavy atom. The summed E-state index contributed by atoms with van der Waals surface area (Å²) in [4.78, 5) is 8.54. The molecule has 28 heavy (non-hydrogen) atoms. The van der Waals surface area contributed by atoms with Crippen molar-refractivity contribution in [2.75, 3.05) is 19.8 Å². The van der Waals surface area contributed by atoms with Gasteiger partial charge >= 0.3 is 0 Å². The van der Waals surface area contributed by atoms with E-state index in [0.717, 1.165) is 35.2 Å². The van der Waals surface area contributed by atoms with Gasteiger partial charge in [-0.2, -0.15) is 0 Å². The van der Waals surface area contributed by atoms with Gasteiger partial charge in [0.1, 0.15) is 13.2 Å². The lowest BCUT2D eigenvalue weighted by Crippen LogP contribution is -2.45. The summed E-state index contributed by atoms with van der Waals surface area (Å²) in [7, 11) is 0. The van der Waals surface area contributed by atoms with Gasteiger partial charge in [-0.25, -0.2) is 4.98 Å². The number of ether oxygens (including phenoxy) is 2. The molecule has 6 heteroatoms. The molecule has 6 rings (SSSR count). The number of benzene rings is 1. The van der Waals surface area contributed by atoms with Crippen LogP contribution in [0.1, 0.15) is 55.5 Å². The fourth-order valence-electron chi connectivity index (χ4n) is 5.45. The quantitative estimate of drug-likeness (QED) is 0.638. The lowest BCUT2D eigenvalue weighted by atomic mass is 9.71. The van der Waals surface area contributed by atoms with Crippen LogP contribution >= 0.6 is 11.3 Å². The normalized spacial score (nSPS) is 23.4. The van der Waals surface area contributed by atoms with Crippen LogP contribution < -0.4 is 9.47 Å². The summed E-state index contributed by atoms with van der Waals surface area (Å²) in [5.41, 5.74) is 4.32. The molecule has 2 aliphatic heterocycles. The van der Waals surface area contributed by atoms with E-state index in [4.69, 9.17) is 14.5 Å². The van der Waals surface area contributed by atoms with E-state index in [1.54, 1.807) is 11.3 Å². The van der Waals surface area contributed by atoms with Crippen molar-refractivity contribution < 1.29 is 9.47 Å². The lowest BCUT2D eigenvalue weighted by Gasteiger charge is -2.46. The number of imidazole rings is 1. The second-order valence-corrected chi connectivity index (χ2v) is 9.35. The summed E-state index contributed by atoms with van der Waals surface area (Å²) < 4.78 is 14.0. The molecule has 5 nitrogen and oxygen atoms in total. The van der Waals surface area contributed by atoms with E-state index in [1.165, 1.54) is 36.8 Å². The molecule has 1 aromatic carbocycles. The smallest absolute Gasteiger partial charge is 0.193 e. The van der Waals surface area contributed by atoms with Crippen LogP contribution in [0.4, 0.5) is 0 Å². The van der Waals surface area contributed by atoms with E-state index < -0.39 is 0 Å². The summed E-state index contributed by atoms with van der Waals surface area (Å²) in [6.45, 7) is 5.62. The largest absolute Gasteiger partial charge is 0.486 e. The molecule has 1 fully saturated rings. The summed E-state index contributed by atoms with van der Waals surface area (Å²) in [5.74, 6) is 1.85. The van der Waals surface area contributed by atoms with Gasteiger partial charge < -0.3 is 9.47 Å². The third-order valence-corrected chi connectivity index (χ3v) is 7.63. The fraction of sp³-hybridized carbons (Fsp3) is 0.500. The minimum atomic E-state index is 0.245. The Hall–Kier alpha value is -2.05. The zero-order valence-electron chi connectivity index (χ0n) is 16.2. The van der Waals surface area contributed by atoms with Crippen molar-refractivity contribution >= 4 is 16.3 Å². The summed E-state index contributed by atoms with van der Waals surface area (Å²) in [5, 5.41) is 2.09. The zero-order chi connectivity index (χ0) is 18.7. The van der Waals surface area contributed by atoms with E-state index in [2.05, 4.69) is 46.1 Å². The topological polar surface area (TPSA) is 39.0 Å². The van der Waals surface area contributed by atoms with Crippen molar-refractivity contribution in [1.29, 1.82) is 0 Å². The van der Waals surface area contributed by atoms with Gasteiger partial charge in [0.15, 0.2) is 16.5 Å². The maximum absolute atomic E-state index is 5.92. The van der Waals surface area contributed by atoms with Crippen LogP contribution in [-0.2, 0) is 12.0 Å². The van der Waals surface area contributed by atoms with Crippen LogP contribution in [-0.4, -0.2) is 34.0 Å². The predicted molar refractivity (Wildman–Crippen MR) is 109 cm³/mol. The highest BCUT2D eigenvalue weighted by molar-refractivity contribution is 7.15.